The number of anilines is 1. The Hall–Kier alpha value is -2.48. The highest BCUT2D eigenvalue weighted by Gasteiger charge is 2.04. The normalized spacial score (nSPS) is 9.11. The van der Waals surface area contributed by atoms with Crippen molar-refractivity contribution >= 4 is 17.7 Å². The molecule has 0 spiro atoms. The van der Waals surface area contributed by atoms with E-state index in [9.17, 15) is 9.59 Å². The van der Waals surface area contributed by atoms with Gasteiger partial charge in [-0.05, 0) is 24.6 Å². The van der Waals surface area contributed by atoms with E-state index in [4.69, 9.17) is 5.11 Å². The smallest absolute Gasteiger partial charge is 0.319 e. The molecule has 0 bridgehead atoms. The van der Waals surface area contributed by atoms with Crippen LogP contribution in [0.3, 0.4) is 0 Å². The number of carbonyl (C=O) groups is 2. The standard InChI is InChI=1S/C14H16N2O3/c1-2-3-4-8-15-14(19)16-12-7-5-6-11(9-12)10-13(17)18/h5-7,9H,4,8,10H2,1H3,(H,17,18)(H2,15,16,19). The molecule has 0 saturated carbocycles. The van der Waals surface area contributed by atoms with Gasteiger partial charge in [0, 0.05) is 18.7 Å². The van der Waals surface area contributed by atoms with Crippen LogP contribution in [0.25, 0.3) is 0 Å². The van der Waals surface area contributed by atoms with Crippen LogP contribution in [-0.2, 0) is 11.2 Å². The summed E-state index contributed by atoms with van der Waals surface area (Å²) >= 11 is 0. The van der Waals surface area contributed by atoms with Crippen molar-refractivity contribution < 1.29 is 14.7 Å². The fourth-order valence-electron chi connectivity index (χ4n) is 1.47. The molecule has 0 heterocycles. The summed E-state index contributed by atoms with van der Waals surface area (Å²) < 4.78 is 0. The zero-order valence-electron chi connectivity index (χ0n) is 10.7. The molecule has 0 aliphatic heterocycles. The van der Waals surface area contributed by atoms with Gasteiger partial charge in [0.05, 0.1) is 6.42 Å². The van der Waals surface area contributed by atoms with Gasteiger partial charge in [-0.25, -0.2) is 4.79 Å². The summed E-state index contributed by atoms with van der Waals surface area (Å²) in [7, 11) is 0. The lowest BCUT2D eigenvalue weighted by Crippen LogP contribution is -2.29. The maximum absolute atomic E-state index is 11.5. The van der Waals surface area contributed by atoms with E-state index in [0.29, 0.717) is 24.2 Å². The van der Waals surface area contributed by atoms with Gasteiger partial charge in [0.2, 0.25) is 0 Å². The van der Waals surface area contributed by atoms with Crippen molar-refractivity contribution in [2.24, 2.45) is 0 Å². The highest BCUT2D eigenvalue weighted by molar-refractivity contribution is 5.89. The Labute approximate surface area is 112 Å². The van der Waals surface area contributed by atoms with Crippen LogP contribution in [0.1, 0.15) is 18.9 Å². The summed E-state index contributed by atoms with van der Waals surface area (Å²) in [5, 5.41) is 14.0. The topological polar surface area (TPSA) is 78.4 Å². The molecule has 5 nitrogen and oxygen atoms in total. The third-order valence-electron chi connectivity index (χ3n) is 2.25. The van der Waals surface area contributed by atoms with Crippen molar-refractivity contribution in [2.75, 3.05) is 11.9 Å². The fourth-order valence-corrected chi connectivity index (χ4v) is 1.47. The van der Waals surface area contributed by atoms with Crippen LogP contribution in [0.5, 0.6) is 0 Å². The lowest BCUT2D eigenvalue weighted by molar-refractivity contribution is -0.136. The van der Waals surface area contributed by atoms with Crippen LogP contribution in [-0.4, -0.2) is 23.7 Å². The molecule has 1 rings (SSSR count). The predicted octanol–water partition coefficient (Wildman–Crippen LogP) is 1.85. The van der Waals surface area contributed by atoms with Crippen LogP contribution in [0, 0.1) is 11.8 Å². The lowest BCUT2D eigenvalue weighted by atomic mass is 10.1. The molecule has 0 radical (unpaired) electrons. The van der Waals surface area contributed by atoms with Crippen molar-refractivity contribution in [3.05, 3.63) is 29.8 Å². The van der Waals surface area contributed by atoms with Gasteiger partial charge in [-0.2, -0.15) is 0 Å². The van der Waals surface area contributed by atoms with Crippen LogP contribution in [0.15, 0.2) is 24.3 Å². The van der Waals surface area contributed by atoms with Gasteiger partial charge in [0.15, 0.2) is 0 Å². The van der Waals surface area contributed by atoms with Gasteiger partial charge in [-0.3, -0.25) is 4.79 Å². The third-order valence-corrected chi connectivity index (χ3v) is 2.25. The molecule has 0 unspecified atom stereocenters. The average molecular weight is 260 g/mol. The Balaban J connectivity index is 2.48. The number of carbonyl (C=O) groups excluding carboxylic acids is 1. The van der Waals surface area contributed by atoms with Gasteiger partial charge in [0.25, 0.3) is 0 Å². The number of amides is 2. The van der Waals surface area contributed by atoms with Crippen molar-refractivity contribution in [3.8, 4) is 11.8 Å². The fraction of sp³-hybridized carbons (Fsp3) is 0.286. The first-order chi connectivity index (χ1) is 9.11. The van der Waals surface area contributed by atoms with Gasteiger partial charge >= 0.3 is 12.0 Å². The minimum atomic E-state index is -0.903. The molecule has 3 N–H and O–H groups in total. The molecule has 0 fully saturated rings. The van der Waals surface area contributed by atoms with E-state index >= 15 is 0 Å². The van der Waals surface area contributed by atoms with Crippen LogP contribution >= 0.6 is 0 Å². The van der Waals surface area contributed by atoms with E-state index in [-0.39, 0.29) is 12.5 Å². The largest absolute Gasteiger partial charge is 0.481 e. The number of hydrogen-bond acceptors (Lipinski definition) is 2. The van der Waals surface area contributed by atoms with Crippen molar-refractivity contribution in [2.45, 2.75) is 19.8 Å². The molecule has 0 saturated heterocycles. The molecular weight excluding hydrogens is 244 g/mol. The number of hydrogen-bond donors (Lipinski definition) is 3. The molecule has 1 aromatic rings. The molecule has 1 aromatic carbocycles. The molecular formula is C14H16N2O3. The summed E-state index contributed by atoms with van der Waals surface area (Å²) in [5.41, 5.74) is 1.21. The number of aliphatic carboxylic acids is 1. The number of carboxylic acid groups (broad SMARTS) is 1. The maximum Gasteiger partial charge on any atom is 0.319 e. The number of benzene rings is 1. The first-order valence-corrected chi connectivity index (χ1v) is 5.87. The van der Waals surface area contributed by atoms with Gasteiger partial charge < -0.3 is 15.7 Å². The summed E-state index contributed by atoms with van der Waals surface area (Å²) in [6.07, 6.45) is 0.534. The van der Waals surface area contributed by atoms with Crippen molar-refractivity contribution in [3.63, 3.8) is 0 Å². The quantitative estimate of drug-likeness (QED) is 0.558. The van der Waals surface area contributed by atoms with Crippen molar-refractivity contribution in [1.82, 2.24) is 5.32 Å². The van der Waals surface area contributed by atoms with E-state index < -0.39 is 5.97 Å². The Morgan fingerprint density at radius 1 is 1.37 bits per heavy atom. The molecule has 5 heteroatoms. The molecule has 100 valence electrons. The van der Waals surface area contributed by atoms with E-state index in [1.165, 1.54) is 0 Å². The second-order valence-corrected chi connectivity index (χ2v) is 3.83. The Morgan fingerprint density at radius 2 is 2.16 bits per heavy atom. The summed E-state index contributed by atoms with van der Waals surface area (Å²) in [6.45, 7) is 2.22. The number of rotatable bonds is 5. The van der Waals surface area contributed by atoms with E-state index in [2.05, 4.69) is 22.5 Å². The number of urea groups is 1. The summed E-state index contributed by atoms with van der Waals surface area (Å²) in [5.74, 6) is 4.68. The Kier molecular flexibility index (Phi) is 5.96. The van der Waals surface area contributed by atoms with Gasteiger partial charge in [0.1, 0.15) is 0 Å². The first-order valence-electron chi connectivity index (χ1n) is 5.87. The molecule has 0 aliphatic carbocycles. The van der Waals surface area contributed by atoms with Crippen LogP contribution in [0.4, 0.5) is 10.5 Å². The van der Waals surface area contributed by atoms with Gasteiger partial charge in [-0.1, -0.05) is 12.1 Å². The maximum atomic E-state index is 11.5. The molecule has 0 atom stereocenters. The molecule has 0 aliphatic rings. The highest BCUT2D eigenvalue weighted by Crippen LogP contribution is 2.11. The Morgan fingerprint density at radius 3 is 2.84 bits per heavy atom. The van der Waals surface area contributed by atoms with E-state index in [1.807, 2.05) is 0 Å². The second kappa shape index (κ2) is 7.77. The zero-order chi connectivity index (χ0) is 14.1. The lowest BCUT2D eigenvalue weighted by Gasteiger charge is -2.07. The SMILES string of the molecule is CC#CCCNC(=O)Nc1cccc(CC(=O)O)c1. The van der Waals surface area contributed by atoms with E-state index in [0.717, 1.165) is 0 Å². The minimum absolute atomic E-state index is 0.0662. The molecule has 2 amide bonds. The average Bonchev–Trinajstić information content (AvgIpc) is 2.34. The molecule has 0 aromatic heterocycles. The zero-order valence-corrected chi connectivity index (χ0v) is 10.7. The summed E-state index contributed by atoms with van der Waals surface area (Å²) in [4.78, 5) is 22.1. The van der Waals surface area contributed by atoms with Crippen LogP contribution < -0.4 is 10.6 Å². The number of carboxylic acids is 1. The third kappa shape index (κ3) is 6.13. The minimum Gasteiger partial charge on any atom is -0.481 e. The second-order valence-electron chi connectivity index (χ2n) is 3.83. The summed E-state index contributed by atoms with van der Waals surface area (Å²) in [6, 6.07) is 6.42. The Bertz CT molecular complexity index is 515. The number of nitrogens with one attached hydrogen (secondary N) is 2. The van der Waals surface area contributed by atoms with Crippen molar-refractivity contribution in [1.29, 1.82) is 0 Å². The monoisotopic (exact) mass is 260 g/mol. The van der Waals surface area contributed by atoms with Gasteiger partial charge in [-0.15, -0.1) is 11.8 Å². The first kappa shape index (κ1) is 14.6. The molecule has 19 heavy (non-hydrogen) atoms. The van der Waals surface area contributed by atoms with Crippen LogP contribution in [0.2, 0.25) is 0 Å². The highest BCUT2D eigenvalue weighted by atomic mass is 16.4. The predicted molar refractivity (Wildman–Crippen MR) is 72.9 cm³/mol. The van der Waals surface area contributed by atoms with E-state index in [1.54, 1.807) is 31.2 Å².